The van der Waals surface area contributed by atoms with E-state index in [1.807, 2.05) is 32.0 Å². The van der Waals surface area contributed by atoms with Gasteiger partial charge < -0.3 is 11.1 Å². The Kier molecular flexibility index (Phi) is 4.58. The molecule has 1 amide bonds. The van der Waals surface area contributed by atoms with Crippen LogP contribution >= 0.6 is 0 Å². The molecule has 21 heavy (non-hydrogen) atoms. The first-order valence-electron chi connectivity index (χ1n) is 7.14. The number of pyridine rings is 1. The topological polar surface area (TPSA) is 68.0 Å². The van der Waals surface area contributed by atoms with Gasteiger partial charge in [-0.3, -0.25) is 4.79 Å². The summed E-state index contributed by atoms with van der Waals surface area (Å²) >= 11 is 0. The number of nitrogens with two attached hydrogens (primary N) is 1. The molecule has 4 heteroatoms. The van der Waals surface area contributed by atoms with Gasteiger partial charge in [0.15, 0.2) is 0 Å². The third-order valence-electron chi connectivity index (χ3n) is 3.43. The fraction of sp³-hybridized carbons (Fsp3) is 0.294. The molecular weight excluding hydrogens is 262 g/mol. The average molecular weight is 283 g/mol. The molecular formula is C17H21N3O. The van der Waals surface area contributed by atoms with Gasteiger partial charge in [-0.1, -0.05) is 19.4 Å². The second-order valence-corrected chi connectivity index (χ2v) is 5.28. The van der Waals surface area contributed by atoms with Crippen LogP contribution in [0.4, 0.5) is 11.5 Å². The number of benzene rings is 1. The minimum atomic E-state index is -0.162. The molecule has 4 nitrogen and oxygen atoms in total. The molecule has 0 unspecified atom stereocenters. The first-order valence-corrected chi connectivity index (χ1v) is 7.14. The van der Waals surface area contributed by atoms with Crippen molar-refractivity contribution in [1.29, 1.82) is 0 Å². The van der Waals surface area contributed by atoms with Crippen molar-refractivity contribution < 1.29 is 4.79 Å². The lowest BCUT2D eigenvalue weighted by molar-refractivity contribution is 0.102. The highest BCUT2D eigenvalue weighted by Gasteiger charge is 2.09. The molecule has 0 aliphatic heterocycles. The maximum atomic E-state index is 12.3. The van der Waals surface area contributed by atoms with Crippen LogP contribution in [0, 0.1) is 13.8 Å². The highest BCUT2D eigenvalue weighted by molar-refractivity contribution is 6.04. The molecule has 2 aromatic rings. The minimum absolute atomic E-state index is 0.162. The van der Waals surface area contributed by atoms with Gasteiger partial charge in [-0.25, -0.2) is 4.98 Å². The largest absolute Gasteiger partial charge is 0.384 e. The van der Waals surface area contributed by atoms with Gasteiger partial charge in [-0.2, -0.15) is 0 Å². The van der Waals surface area contributed by atoms with Crippen molar-refractivity contribution in [3.8, 4) is 0 Å². The maximum absolute atomic E-state index is 12.3. The summed E-state index contributed by atoms with van der Waals surface area (Å²) in [4.78, 5) is 16.6. The summed E-state index contributed by atoms with van der Waals surface area (Å²) in [7, 11) is 0. The Balaban J connectivity index is 2.21. The third-order valence-corrected chi connectivity index (χ3v) is 3.43. The Morgan fingerprint density at radius 3 is 2.62 bits per heavy atom. The van der Waals surface area contributed by atoms with Gasteiger partial charge in [-0.05, 0) is 55.7 Å². The molecule has 2 rings (SSSR count). The standard InChI is InChI=1S/C17H21N3O/c1-4-5-14-9-13(10-16(18)19-14)17(21)20-15-7-6-11(2)12(3)8-15/h6-10H,4-5H2,1-3H3,(H2,18,19)(H,20,21). The van der Waals surface area contributed by atoms with Crippen LogP contribution in [0.5, 0.6) is 0 Å². The van der Waals surface area contributed by atoms with E-state index in [9.17, 15) is 4.79 Å². The number of carbonyl (C=O) groups excluding carboxylic acids is 1. The number of hydrogen-bond donors (Lipinski definition) is 2. The van der Waals surface area contributed by atoms with Gasteiger partial charge in [0.05, 0.1) is 0 Å². The minimum Gasteiger partial charge on any atom is -0.384 e. The summed E-state index contributed by atoms with van der Waals surface area (Å²) in [5.74, 6) is 0.218. The number of nitrogens with zero attached hydrogens (tertiary/aromatic N) is 1. The predicted octanol–water partition coefficient (Wildman–Crippen LogP) is 3.49. The van der Waals surface area contributed by atoms with Crippen LogP contribution in [-0.2, 0) is 6.42 Å². The van der Waals surface area contributed by atoms with Crippen molar-refractivity contribution in [3.63, 3.8) is 0 Å². The van der Waals surface area contributed by atoms with E-state index in [-0.39, 0.29) is 5.91 Å². The van der Waals surface area contributed by atoms with Crippen LogP contribution in [0.1, 0.15) is 40.5 Å². The summed E-state index contributed by atoms with van der Waals surface area (Å²) < 4.78 is 0. The lowest BCUT2D eigenvalue weighted by atomic mass is 10.1. The zero-order valence-electron chi connectivity index (χ0n) is 12.7. The summed E-state index contributed by atoms with van der Waals surface area (Å²) in [6, 6.07) is 9.27. The zero-order chi connectivity index (χ0) is 15.4. The summed E-state index contributed by atoms with van der Waals surface area (Å²) in [5.41, 5.74) is 10.3. The predicted molar refractivity (Wildman–Crippen MR) is 86.5 cm³/mol. The van der Waals surface area contributed by atoms with Gasteiger partial charge in [0.25, 0.3) is 5.91 Å². The number of carbonyl (C=O) groups is 1. The highest BCUT2D eigenvalue weighted by Crippen LogP contribution is 2.16. The fourth-order valence-electron chi connectivity index (χ4n) is 2.15. The Labute approximate surface area is 125 Å². The number of rotatable bonds is 4. The van der Waals surface area contributed by atoms with Gasteiger partial charge in [-0.15, -0.1) is 0 Å². The Hall–Kier alpha value is -2.36. The third kappa shape index (κ3) is 3.81. The molecule has 110 valence electrons. The first kappa shape index (κ1) is 15.0. The molecule has 1 heterocycles. The van der Waals surface area contributed by atoms with E-state index in [1.165, 1.54) is 5.56 Å². The van der Waals surface area contributed by atoms with Crippen molar-refractivity contribution >= 4 is 17.4 Å². The number of nitrogen functional groups attached to an aromatic ring is 1. The molecule has 0 saturated heterocycles. The van der Waals surface area contributed by atoms with Crippen LogP contribution in [0.3, 0.4) is 0 Å². The maximum Gasteiger partial charge on any atom is 0.255 e. The van der Waals surface area contributed by atoms with Gasteiger partial charge in [0.2, 0.25) is 0 Å². The van der Waals surface area contributed by atoms with Crippen LogP contribution in [0.25, 0.3) is 0 Å². The molecule has 0 bridgehead atoms. The summed E-state index contributed by atoms with van der Waals surface area (Å²) in [5, 5.41) is 2.90. The lowest BCUT2D eigenvalue weighted by Gasteiger charge is -2.09. The number of aryl methyl sites for hydroxylation is 3. The number of nitrogens with one attached hydrogen (secondary N) is 1. The van der Waals surface area contributed by atoms with Gasteiger partial charge in [0, 0.05) is 16.9 Å². The zero-order valence-corrected chi connectivity index (χ0v) is 12.7. The van der Waals surface area contributed by atoms with Crippen molar-refractivity contribution in [3.05, 3.63) is 52.7 Å². The van der Waals surface area contributed by atoms with Crippen molar-refractivity contribution in [2.75, 3.05) is 11.1 Å². The SMILES string of the molecule is CCCc1cc(C(=O)Nc2ccc(C)c(C)c2)cc(N)n1. The number of amides is 1. The number of anilines is 2. The van der Waals surface area contributed by atoms with Crippen molar-refractivity contribution in [2.24, 2.45) is 0 Å². The molecule has 0 atom stereocenters. The molecule has 0 aliphatic carbocycles. The van der Waals surface area contributed by atoms with E-state index in [0.717, 1.165) is 29.8 Å². The molecule has 0 aliphatic rings. The lowest BCUT2D eigenvalue weighted by Crippen LogP contribution is -2.13. The fourth-order valence-corrected chi connectivity index (χ4v) is 2.15. The van der Waals surface area contributed by atoms with Crippen LogP contribution in [0.15, 0.2) is 30.3 Å². The monoisotopic (exact) mass is 283 g/mol. The van der Waals surface area contributed by atoms with Crippen molar-refractivity contribution in [1.82, 2.24) is 4.98 Å². The smallest absolute Gasteiger partial charge is 0.255 e. The van der Waals surface area contributed by atoms with E-state index in [0.29, 0.717) is 11.4 Å². The molecule has 0 saturated carbocycles. The number of hydrogen-bond acceptors (Lipinski definition) is 3. The van der Waals surface area contributed by atoms with E-state index in [1.54, 1.807) is 12.1 Å². The Morgan fingerprint density at radius 1 is 1.19 bits per heavy atom. The summed E-state index contributed by atoms with van der Waals surface area (Å²) in [6.07, 6.45) is 1.78. The molecule has 0 spiro atoms. The van der Waals surface area contributed by atoms with E-state index in [2.05, 4.69) is 17.2 Å². The Bertz CT molecular complexity index is 665. The molecule has 0 radical (unpaired) electrons. The Morgan fingerprint density at radius 2 is 1.95 bits per heavy atom. The van der Waals surface area contributed by atoms with Crippen LogP contribution < -0.4 is 11.1 Å². The van der Waals surface area contributed by atoms with Crippen LogP contribution in [0.2, 0.25) is 0 Å². The quantitative estimate of drug-likeness (QED) is 0.902. The second-order valence-electron chi connectivity index (χ2n) is 5.28. The molecule has 0 fully saturated rings. The van der Waals surface area contributed by atoms with Crippen molar-refractivity contribution in [2.45, 2.75) is 33.6 Å². The average Bonchev–Trinajstić information content (AvgIpc) is 2.42. The van der Waals surface area contributed by atoms with E-state index >= 15 is 0 Å². The van der Waals surface area contributed by atoms with E-state index < -0.39 is 0 Å². The van der Waals surface area contributed by atoms with Crippen LogP contribution in [-0.4, -0.2) is 10.9 Å². The highest BCUT2D eigenvalue weighted by atomic mass is 16.1. The normalized spacial score (nSPS) is 10.4. The molecule has 1 aromatic carbocycles. The first-order chi connectivity index (χ1) is 9.99. The second kappa shape index (κ2) is 6.39. The number of aromatic nitrogens is 1. The van der Waals surface area contributed by atoms with Gasteiger partial charge >= 0.3 is 0 Å². The molecule has 3 N–H and O–H groups in total. The van der Waals surface area contributed by atoms with Gasteiger partial charge in [0.1, 0.15) is 5.82 Å². The summed E-state index contributed by atoms with van der Waals surface area (Å²) in [6.45, 7) is 6.13. The van der Waals surface area contributed by atoms with E-state index in [4.69, 9.17) is 5.73 Å². The molecule has 1 aromatic heterocycles.